The van der Waals surface area contributed by atoms with Crippen molar-refractivity contribution in [1.82, 2.24) is 15.1 Å². The molecule has 6 heteroatoms. The van der Waals surface area contributed by atoms with E-state index in [1.165, 1.54) is 17.7 Å². The van der Waals surface area contributed by atoms with E-state index in [1.54, 1.807) is 0 Å². The number of hydrogen-bond acceptors (Lipinski definition) is 4. The van der Waals surface area contributed by atoms with Gasteiger partial charge in [0.1, 0.15) is 0 Å². The molecule has 104 valence electrons. The van der Waals surface area contributed by atoms with E-state index in [0.717, 1.165) is 19.6 Å². The highest BCUT2D eigenvalue weighted by Gasteiger charge is 2.30. The highest BCUT2D eigenvalue weighted by atomic mass is 35.5. The monoisotopic (exact) mass is 275 g/mol. The summed E-state index contributed by atoms with van der Waals surface area (Å²) in [7, 11) is 1.96. The maximum Gasteiger partial charge on any atom is 0.229 e. The first-order chi connectivity index (χ1) is 8.22. The van der Waals surface area contributed by atoms with Crippen molar-refractivity contribution >= 4 is 24.2 Å². The third kappa shape index (κ3) is 3.43. The molecule has 0 aromatic carbocycles. The molecule has 5 nitrogen and oxygen atoms in total. The summed E-state index contributed by atoms with van der Waals surface area (Å²) in [6.45, 7) is 3.46. The minimum absolute atomic E-state index is 0. The summed E-state index contributed by atoms with van der Waals surface area (Å²) in [6, 6.07) is 0.563. The number of imide groups is 1. The van der Waals surface area contributed by atoms with Crippen LogP contribution in [0.2, 0.25) is 0 Å². The smallest absolute Gasteiger partial charge is 0.229 e. The fraction of sp³-hybridized carbons (Fsp3) is 0.833. The van der Waals surface area contributed by atoms with Crippen LogP contribution in [0.5, 0.6) is 0 Å². The Balaban J connectivity index is 0.00000162. The molecular formula is C12H22ClN3O2. The van der Waals surface area contributed by atoms with Gasteiger partial charge in [0.2, 0.25) is 11.8 Å². The zero-order valence-corrected chi connectivity index (χ0v) is 11.7. The molecule has 18 heavy (non-hydrogen) atoms. The van der Waals surface area contributed by atoms with Crippen LogP contribution in [-0.2, 0) is 9.59 Å². The first-order valence-corrected chi connectivity index (χ1v) is 6.44. The average Bonchev–Trinajstić information content (AvgIpc) is 2.86. The van der Waals surface area contributed by atoms with Crippen LogP contribution in [0.4, 0.5) is 0 Å². The molecule has 0 aromatic rings. The Hall–Kier alpha value is -0.650. The Morgan fingerprint density at radius 2 is 1.89 bits per heavy atom. The van der Waals surface area contributed by atoms with Gasteiger partial charge in [-0.3, -0.25) is 19.4 Å². The minimum Gasteiger partial charge on any atom is -0.318 e. The summed E-state index contributed by atoms with van der Waals surface area (Å²) in [4.78, 5) is 26.8. The Kier molecular flexibility index (Phi) is 6.05. The van der Waals surface area contributed by atoms with Gasteiger partial charge in [-0.2, -0.15) is 0 Å². The van der Waals surface area contributed by atoms with E-state index < -0.39 is 0 Å². The van der Waals surface area contributed by atoms with Gasteiger partial charge >= 0.3 is 0 Å². The van der Waals surface area contributed by atoms with Crippen LogP contribution in [-0.4, -0.2) is 60.9 Å². The van der Waals surface area contributed by atoms with Crippen molar-refractivity contribution in [2.45, 2.75) is 31.7 Å². The quantitative estimate of drug-likeness (QED) is 0.731. The molecule has 2 rings (SSSR count). The topological polar surface area (TPSA) is 52.6 Å². The van der Waals surface area contributed by atoms with Crippen LogP contribution in [0.1, 0.15) is 25.7 Å². The Morgan fingerprint density at radius 3 is 2.50 bits per heavy atom. The average molecular weight is 276 g/mol. The van der Waals surface area contributed by atoms with Crippen molar-refractivity contribution in [3.8, 4) is 0 Å². The van der Waals surface area contributed by atoms with Crippen molar-refractivity contribution in [1.29, 1.82) is 0 Å². The standard InChI is InChI=1S/C12H21N3O2.ClH/c1-13-9-10-3-2-6-14(10)7-8-15-11(16)4-5-12(15)17;/h10,13H,2-9H2,1H3;1H. The predicted molar refractivity (Wildman–Crippen MR) is 71.7 cm³/mol. The molecule has 2 saturated heterocycles. The van der Waals surface area contributed by atoms with Gasteiger partial charge in [-0.15, -0.1) is 12.4 Å². The molecule has 2 amide bonds. The number of hydrogen-bond donors (Lipinski definition) is 1. The molecule has 2 fully saturated rings. The van der Waals surface area contributed by atoms with Gasteiger partial charge in [0.15, 0.2) is 0 Å². The van der Waals surface area contributed by atoms with Crippen LogP contribution in [0, 0.1) is 0 Å². The van der Waals surface area contributed by atoms with Gasteiger partial charge < -0.3 is 5.32 Å². The Bertz CT molecular complexity index is 296. The molecule has 2 aliphatic rings. The van der Waals surface area contributed by atoms with Crippen LogP contribution in [0.25, 0.3) is 0 Å². The molecule has 0 radical (unpaired) electrons. The molecule has 1 N–H and O–H groups in total. The van der Waals surface area contributed by atoms with E-state index >= 15 is 0 Å². The second-order valence-corrected chi connectivity index (χ2v) is 4.83. The van der Waals surface area contributed by atoms with Crippen molar-refractivity contribution in [3.05, 3.63) is 0 Å². The molecule has 1 atom stereocenters. The third-order valence-electron chi connectivity index (χ3n) is 3.70. The highest BCUT2D eigenvalue weighted by Crippen LogP contribution is 2.17. The van der Waals surface area contributed by atoms with E-state index in [1.807, 2.05) is 7.05 Å². The maximum absolute atomic E-state index is 11.5. The van der Waals surface area contributed by atoms with E-state index in [-0.39, 0.29) is 24.2 Å². The Morgan fingerprint density at radius 1 is 1.22 bits per heavy atom. The molecular weight excluding hydrogens is 254 g/mol. The molecule has 0 spiro atoms. The summed E-state index contributed by atoms with van der Waals surface area (Å²) in [6.07, 6.45) is 3.23. The zero-order chi connectivity index (χ0) is 12.3. The number of nitrogens with one attached hydrogen (secondary N) is 1. The molecule has 0 saturated carbocycles. The van der Waals surface area contributed by atoms with E-state index in [2.05, 4.69) is 10.2 Å². The van der Waals surface area contributed by atoms with Gasteiger partial charge in [0.05, 0.1) is 0 Å². The second-order valence-electron chi connectivity index (χ2n) is 4.83. The number of halogens is 1. The van der Waals surface area contributed by atoms with Crippen LogP contribution in [0.3, 0.4) is 0 Å². The number of rotatable bonds is 5. The van der Waals surface area contributed by atoms with Gasteiger partial charge in [-0.05, 0) is 26.4 Å². The lowest BCUT2D eigenvalue weighted by Gasteiger charge is -2.26. The molecule has 0 aromatic heterocycles. The maximum atomic E-state index is 11.5. The largest absolute Gasteiger partial charge is 0.318 e. The third-order valence-corrected chi connectivity index (χ3v) is 3.70. The lowest BCUT2D eigenvalue weighted by molar-refractivity contribution is -0.138. The molecule has 0 aliphatic carbocycles. The molecule has 2 heterocycles. The summed E-state index contributed by atoms with van der Waals surface area (Å²) in [5, 5.41) is 3.20. The predicted octanol–water partition coefficient (Wildman–Crippen LogP) is 0.241. The fourth-order valence-corrected chi connectivity index (χ4v) is 2.76. The lowest BCUT2D eigenvalue weighted by Crippen LogP contribution is -2.42. The van der Waals surface area contributed by atoms with E-state index in [9.17, 15) is 9.59 Å². The number of amides is 2. The van der Waals surface area contributed by atoms with Crippen molar-refractivity contribution < 1.29 is 9.59 Å². The number of likely N-dealkylation sites (tertiary alicyclic amines) is 2. The van der Waals surface area contributed by atoms with Crippen molar-refractivity contribution in [2.75, 3.05) is 33.2 Å². The number of likely N-dealkylation sites (N-methyl/N-ethyl adjacent to an activating group) is 1. The van der Waals surface area contributed by atoms with Crippen LogP contribution in [0.15, 0.2) is 0 Å². The van der Waals surface area contributed by atoms with Gasteiger partial charge in [0, 0.05) is 38.5 Å². The lowest BCUT2D eigenvalue weighted by atomic mass is 10.2. The number of nitrogens with zero attached hydrogens (tertiary/aromatic N) is 2. The summed E-state index contributed by atoms with van der Waals surface area (Å²) >= 11 is 0. The SMILES string of the molecule is CNCC1CCCN1CCN1C(=O)CCC1=O.Cl. The molecule has 0 bridgehead atoms. The van der Waals surface area contributed by atoms with Crippen LogP contribution >= 0.6 is 12.4 Å². The van der Waals surface area contributed by atoms with Gasteiger partial charge in [0.25, 0.3) is 0 Å². The second kappa shape index (κ2) is 7.07. The molecule has 2 aliphatic heterocycles. The summed E-state index contributed by atoms with van der Waals surface area (Å²) in [5.74, 6) is -0.00118. The number of carbonyl (C=O) groups is 2. The van der Waals surface area contributed by atoms with Gasteiger partial charge in [-0.25, -0.2) is 0 Å². The highest BCUT2D eigenvalue weighted by molar-refractivity contribution is 6.01. The van der Waals surface area contributed by atoms with Crippen LogP contribution < -0.4 is 5.32 Å². The van der Waals surface area contributed by atoms with Crippen molar-refractivity contribution in [2.24, 2.45) is 0 Å². The van der Waals surface area contributed by atoms with Gasteiger partial charge in [-0.1, -0.05) is 0 Å². The summed E-state index contributed by atoms with van der Waals surface area (Å²) in [5.41, 5.74) is 0. The first kappa shape index (κ1) is 15.4. The first-order valence-electron chi connectivity index (χ1n) is 6.44. The summed E-state index contributed by atoms with van der Waals surface area (Å²) < 4.78 is 0. The zero-order valence-electron chi connectivity index (χ0n) is 10.9. The molecule has 1 unspecified atom stereocenters. The van der Waals surface area contributed by atoms with Crippen molar-refractivity contribution in [3.63, 3.8) is 0 Å². The fourth-order valence-electron chi connectivity index (χ4n) is 2.76. The minimum atomic E-state index is -0.000589. The Labute approximate surface area is 114 Å². The number of carbonyl (C=O) groups excluding carboxylic acids is 2. The normalized spacial score (nSPS) is 24.7. The van der Waals surface area contributed by atoms with E-state index in [0.29, 0.717) is 25.4 Å². The van der Waals surface area contributed by atoms with E-state index in [4.69, 9.17) is 0 Å².